The van der Waals surface area contributed by atoms with Gasteiger partial charge in [0.1, 0.15) is 5.75 Å². The van der Waals surface area contributed by atoms with Gasteiger partial charge in [0.15, 0.2) is 0 Å². The van der Waals surface area contributed by atoms with Crippen molar-refractivity contribution < 1.29 is 19.7 Å². The van der Waals surface area contributed by atoms with E-state index in [0.29, 0.717) is 25.1 Å². The molecule has 5 nitrogen and oxygen atoms in total. The molecule has 1 aliphatic rings. The first-order chi connectivity index (χ1) is 10.2. The van der Waals surface area contributed by atoms with Gasteiger partial charge in [0, 0.05) is 12.5 Å². The molecule has 1 aliphatic heterocycles. The maximum Gasteiger partial charge on any atom is 0.255 e. The van der Waals surface area contributed by atoms with Crippen LogP contribution in [0.25, 0.3) is 10.8 Å². The standard InChI is InChI=1S/C16H17NO4/c18-13-6-5-10-3-1-2-4-12(10)15(13)16(20)17-7-11-8-21-9-14(11)19/h1-6,11,14,18-19H,7-9H2,(H,17,20)/t11-,14+/m0/s1. The molecule has 3 N–H and O–H groups in total. The fourth-order valence-electron chi connectivity index (χ4n) is 2.59. The van der Waals surface area contributed by atoms with Gasteiger partial charge in [0.05, 0.1) is 24.9 Å². The molecule has 1 saturated heterocycles. The molecule has 1 amide bonds. The fraction of sp³-hybridized carbons (Fsp3) is 0.312. The summed E-state index contributed by atoms with van der Waals surface area (Å²) in [7, 11) is 0. The van der Waals surface area contributed by atoms with E-state index >= 15 is 0 Å². The predicted molar refractivity (Wildman–Crippen MR) is 78.3 cm³/mol. The van der Waals surface area contributed by atoms with Gasteiger partial charge in [-0.3, -0.25) is 4.79 Å². The predicted octanol–water partition coefficient (Wildman–Crippen LogP) is 1.28. The van der Waals surface area contributed by atoms with Crippen molar-refractivity contribution in [1.29, 1.82) is 0 Å². The van der Waals surface area contributed by atoms with E-state index in [9.17, 15) is 15.0 Å². The van der Waals surface area contributed by atoms with Crippen LogP contribution in [0.1, 0.15) is 10.4 Å². The minimum atomic E-state index is -0.550. The van der Waals surface area contributed by atoms with E-state index in [-0.39, 0.29) is 23.1 Å². The number of aromatic hydroxyl groups is 1. The minimum absolute atomic E-state index is 0.0468. The minimum Gasteiger partial charge on any atom is -0.507 e. The van der Waals surface area contributed by atoms with Crippen LogP contribution in [0.3, 0.4) is 0 Å². The zero-order valence-corrected chi connectivity index (χ0v) is 11.5. The van der Waals surface area contributed by atoms with Gasteiger partial charge < -0.3 is 20.3 Å². The van der Waals surface area contributed by atoms with E-state index in [2.05, 4.69) is 5.32 Å². The number of phenols is 1. The zero-order valence-electron chi connectivity index (χ0n) is 11.5. The number of hydrogen-bond acceptors (Lipinski definition) is 4. The molecule has 0 spiro atoms. The van der Waals surface area contributed by atoms with E-state index in [1.807, 2.05) is 18.2 Å². The van der Waals surface area contributed by atoms with Crippen LogP contribution in [-0.2, 0) is 4.74 Å². The van der Waals surface area contributed by atoms with Gasteiger partial charge in [-0.05, 0) is 16.8 Å². The molecule has 0 bridgehead atoms. The van der Waals surface area contributed by atoms with Crippen LogP contribution < -0.4 is 5.32 Å². The molecule has 21 heavy (non-hydrogen) atoms. The van der Waals surface area contributed by atoms with Crippen molar-refractivity contribution in [2.45, 2.75) is 6.10 Å². The van der Waals surface area contributed by atoms with Crippen molar-refractivity contribution in [2.24, 2.45) is 5.92 Å². The van der Waals surface area contributed by atoms with Crippen molar-refractivity contribution in [3.8, 4) is 5.75 Å². The second kappa shape index (κ2) is 5.71. The molecular weight excluding hydrogens is 270 g/mol. The monoisotopic (exact) mass is 287 g/mol. The summed E-state index contributed by atoms with van der Waals surface area (Å²) >= 11 is 0. The first kappa shape index (κ1) is 13.9. The zero-order chi connectivity index (χ0) is 14.8. The van der Waals surface area contributed by atoms with Crippen LogP contribution in [0.15, 0.2) is 36.4 Å². The van der Waals surface area contributed by atoms with Crippen LogP contribution in [0, 0.1) is 5.92 Å². The lowest BCUT2D eigenvalue weighted by molar-refractivity contribution is 0.0924. The lowest BCUT2D eigenvalue weighted by atomic mass is 10.0. The molecule has 110 valence electrons. The summed E-state index contributed by atoms with van der Waals surface area (Å²) in [6.07, 6.45) is -0.550. The second-order valence-electron chi connectivity index (χ2n) is 5.26. The summed E-state index contributed by atoms with van der Waals surface area (Å²) in [5, 5.41) is 24.0. The number of carbonyl (C=O) groups excluding carboxylic acids is 1. The number of nitrogens with one attached hydrogen (secondary N) is 1. The molecule has 1 fully saturated rings. The van der Waals surface area contributed by atoms with Crippen LogP contribution in [0.4, 0.5) is 0 Å². The topological polar surface area (TPSA) is 78.8 Å². The molecular formula is C16H17NO4. The molecule has 0 saturated carbocycles. The van der Waals surface area contributed by atoms with Crippen molar-refractivity contribution in [1.82, 2.24) is 5.32 Å². The van der Waals surface area contributed by atoms with Gasteiger partial charge in [-0.25, -0.2) is 0 Å². The van der Waals surface area contributed by atoms with Crippen molar-refractivity contribution in [2.75, 3.05) is 19.8 Å². The van der Waals surface area contributed by atoms with E-state index < -0.39 is 6.10 Å². The van der Waals surface area contributed by atoms with E-state index in [0.717, 1.165) is 5.39 Å². The summed E-state index contributed by atoms with van der Waals surface area (Å²) in [5.74, 6) is -0.496. The SMILES string of the molecule is O=C(NC[C@H]1COC[C@H]1O)c1c(O)ccc2ccccc12. The third-order valence-electron chi connectivity index (χ3n) is 3.82. The highest BCUT2D eigenvalue weighted by atomic mass is 16.5. The average Bonchev–Trinajstić information content (AvgIpc) is 2.90. The van der Waals surface area contributed by atoms with Gasteiger partial charge >= 0.3 is 0 Å². The average molecular weight is 287 g/mol. The number of aliphatic hydroxyl groups is 1. The Morgan fingerprint density at radius 2 is 2.05 bits per heavy atom. The lowest BCUT2D eigenvalue weighted by Crippen LogP contribution is -2.34. The van der Waals surface area contributed by atoms with Gasteiger partial charge in [-0.1, -0.05) is 30.3 Å². The lowest BCUT2D eigenvalue weighted by Gasteiger charge is -2.14. The van der Waals surface area contributed by atoms with E-state index in [4.69, 9.17) is 4.74 Å². The summed E-state index contributed by atoms with van der Waals surface area (Å²) in [4.78, 5) is 12.3. The van der Waals surface area contributed by atoms with Crippen molar-refractivity contribution in [3.05, 3.63) is 42.0 Å². The first-order valence-corrected chi connectivity index (χ1v) is 6.91. The normalized spacial score (nSPS) is 21.6. The van der Waals surface area contributed by atoms with Gasteiger partial charge in [-0.2, -0.15) is 0 Å². The van der Waals surface area contributed by atoms with Gasteiger partial charge in [0.25, 0.3) is 5.91 Å². The van der Waals surface area contributed by atoms with Crippen LogP contribution in [-0.4, -0.2) is 42.0 Å². The summed E-state index contributed by atoms with van der Waals surface area (Å²) in [5.41, 5.74) is 0.265. The molecule has 0 unspecified atom stereocenters. The van der Waals surface area contributed by atoms with Crippen LogP contribution >= 0.6 is 0 Å². The third kappa shape index (κ3) is 2.70. The maximum absolute atomic E-state index is 12.3. The number of benzene rings is 2. The highest BCUT2D eigenvalue weighted by Crippen LogP contribution is 2.27. The molecule has 5 heteroatoms. The number of aliphatic hydroxyl groups excluding tert-OH is 1. The first-order valence-electron chi connectivity index (χ1n) is 6.91. The molecule has 2 aromatic carbocycles. The number of fused-ring (bicyclic) bond motifs is 1. The molecule has 1 heterocycles. The number of amides is 1. The third-order valence-corrected chi connectivity index (χ3v) is 3.82. The van der Waals surface area contributed by atoms with E-state index in [1.165, 1.54) is 6.07 Å². The number of hydrogen-bond donors (Lipinski definition) is 3. The quantitative estimate of drug-likeness (QED) is 0.794. The smallest absolute Gasteiger partial charge is 0.255 e. The number of rotatable bonds is 3. The molecule has 0 radical (unpaired) electrons. The van der Waals surface area contributed by atoms with Gasteiger partial charge in [-0.15, -0.1) is 0 Å². The maximum atomic E-state index is 12.3. The highest BCUT2D eigenvalue weighted by molar-refractivity contribution is 6.09. The van der Waals surface area contributed by atoms with Crippen molar-refractivity contribution in [3.63, 3.8) is 0 Å². The number of phenolic OH excluding ortho intramolecular Hbond substituents is 1. The largest absolute Gasteiger partial charge is 0.507 e. The Morgan fingerprint density at radius 1 is 1.24 bits per heavy atom. The molecule has 0 aliphatic carbocycles. The van der Waals surface area contributed by atoms with Gasteiger partial charge in [0.2, 0.25) is 0 Å². The Labute approximate surface area is 122 Å². The molecule has 2 atom stereocenters. The number of carbonyl (C=O) groups is 1. The van der Waals surface area contributed by atoms with Crippen molar-refractivity contribution >= 4 is 16.7 Å². The Hall–Kier alpha value is -2.11. The molecule has 0 aromatic heterocycles. The van der Waals surface area contributed by atoms with E-state index in [1.54, 1.807) is 12.1 Å². The highest BCUT2D eigenvalue weighted by Gasteiger charge is 2.27. The molecule has 3 rings (SSSR count). The Morgan fingerprint density at radius 3 is 2.81 bits per heavy atom. The molecule has 2 aromatic rings. The summed E-state index contributed by atoms with van der Waals surface area (Å²) < 4.78 is 5.15. The summed E-state index contributed by atoms with van der Waals surface area (Å²) in [6, 6.07) is 10.7. The number of ether oxygens (including phenoxy) is 1. The Bertz CT molecular complexity index is 670. The Balaban J connectivity index is 1.82. The fourth-order valence-corrected chi connectivity index (χ4v) is 2.59. The van der Waals surface area contributed by atoms with Crippen LogP contribution in [0.2, 0.25) is 0 Å². The van der Waals surface area contributed by atoms with Crippen LogP contribution in [0.5, 0.6) is 5.75 Å². The second-order valence-corrected chi connectivity index (χ2v) is 5.26. The summed E-state index contributed by atoms with van der Waals surface area (Å²) in [6.45, 7) is 1.06. The Kier molecular flexibility index (Phi) is 3.77.